The van der Waals surface area contributed by atoms with Crippen molar-refractivity contribution in [2.45, 2.75) is 115 Å². The van der Waals surface area contributed by atoms with Crippen LogP contribution >= 0.6 is 0 Å². The van der Waals surface area contributed by atoms with Crippen molar-refractivity contribution in [1.82, 2.24) is 14.9 Å². The third kappa shape index (κ3) is 15.5. The van der Waals surface area contributed by atoms with E-state index in [1.165, 1.54) is 22.5 Å². The van der Waals surface area contributed by atoms with E-state index < -0.39 is 0 Å². The number of anilines is 2. The zero-order valence-corrected chi connectivity index (χ0v) is 34.0. The zero-order valence-electron chi connectivity index (χ0n) is 34.0. The fraction of sp³-hybridized carbons (Fsp3) is 0.488. The first-order valence-corrected chi connectivity index (χ1v) is 18.9. The van der Waals surface area contributed by atoms with Gasteiger partial charge >= 0.3 is 0 Å². The van der Waals surface area contributed by atoms with Gasteiger partial charge in [-0.1, -0.05) is 119 Å². The minimum Gasteiger partial charge on any atom is -0.367 e. The predicted molar refractivity (Wildman–Crippen MR) is 222 cm³/mol. The van der Waals surface area contributed by atoms with Crippen LogP contribution in [0, 0.1) is 17.2 Å². The lowest BCUT2D eigenvalue weighted by atomic mass is 10.0. The summed E-state index contributed by atoms with van der Waals surface area (Å²) in [7, 11) is 1.80. The Kier molecular flexibility index (Phi) is 28.3. The monoisotopic (exact) mass is 684 g/mol. The first-order valence-electron chi connectivity index (χ1n) is 18.9. The number of hydrogen-bond acceptors (Lipinski definition) is 7. The highest BCUT2D eigenvalue weighted by atomic mass is 15.2. The van der Waals surface area contributed by atoms with Gasteiger partial charge in [-0.25, -0.2) is 9.97 Å². The van der Waals surface area contributed by atoms with Crippen LogP contribution in [0.25, 0.3) is 0 Å². The number of piperidine rings is 1. The molecule has 276 valence electrons. The summed E-state index contributed by atoms with van der Waals surface area (Å²) in [6, 6.07) is 13.1. The van der Waals surface area contributed by atoms with E-state index in [-0.39, 0.29) is 11.7 Å². The zero-order chi connectivity index (χ0) is 38.5. The van der Waals surface area contributed by atoms with Gasteiger partial charge < -0.3 is 10.2 Å². The summed E-state index contributed by atoms with van der Waals surface area (Å²) in [6.07, 6.45) is 16.3. The van der Waals surface area contributed by atoms with Crippen molar-refractivity contribution < 1.29 is 0 Å². The fourth-order valence-electron chi connectivity index (χ4n) is 5.17. The van der Waals surface area contributed by atoms with Gasteiger partial charge in [0.25, 0.3) is 0 Å². The highest BCUT2D eigenvalue weighted by Crippen LogP contribution is 2.39. The van der Waals surface area contributed by atoms with Gasteiger partial charge in [0.15, 0.2) is 0 Å². The summed E-state index contributed by atoms with van der Waals surface area (Å²) in [5, 5.41) is 12.5. The second-order valence-electron chi connectivity index (χ2n) is 10.2. The number of nitrogens with one attached hydrogen (secondary N) is 1. The van der Waals surface area contributed by atoms with Crippen molar-refractivity contribution in [2.75, 3.05) is 30.4 Å². The molecule has 1 unspecified atom stereocenters. The first-order chi connectivity index (χ1) is 24.4. The summed E-state index contributed by atoms with van der Waals surface area (Å²) >= 11 is 0. The van der Waals surface area contributed by atoms with Crippen LogP contribution in [0.3, 0.4) is 0 Å². The van der Waals surface area contributed by atoms with E-state index in [4.69, 9.17) is 5.26 Å². The summed E-state index contributed by atoms with van der Waals surface area (Å²) < 4.78 is 0. The number of likely N-dealkylation sites (tertiary alicyclic amines) is 1. The molecule has 1 fully saturated rings. The number of aromatic nitrogens is 2. The maximum atomic E-state index is 9.04. The molecule has 0 radical (unpaired) electrons. The number of rotatable bonds is 9. The molecule has 0 aliphatic carbocycles. The summed E-state index contributed by atoms with van der Waals surface area (Å²) in [5.41, 5.74) is 6.92. The van der Waals surface area contributed by atoms with Gasteiger partial charge in [0.1, 0.15) is 11.9 Å². The van der Waals surface area contributed by atoms with E-state index in [1.807, 2.05) is 88.3 Å². The average Bonchev–Trinajstić information content (AvgIpc) is 3.53. The standard InChI is InChI=1S/C33H39N7.5C2H6/c1-6-8-9-24(3)30-20-25(4)31(21-27(7-2)35-5)40(30)29-12-10-26(11-13-29)23-39-18-15-28(16-19-39)37-32-14-17-36-33(22-34)38-32;5*1-2/h6-14,17,20-21,25,28H,2,15-16,18-19,23H2,1,3-5H3,(H,36,37,38);5*1-2H3/b8-6-,24-9+,31-21+,35-27?;;;;;. The molecular weight excluding hydrogens is 615 g/mol. The maximum absolute atomic E-state index is 9.04. The smallest absolute Gasteiger partial charge is 0.234 e. The molecule has 1 N–H and O–H groups in total. The van der Waals surface area contributed by atoms with E-state index in [0.29, 0.717) is 6.04 Å². The second-order valence-corrected chi connectivity index (χ2v) is 10.2. The van der Waals surface area contributed by atoms with Crippen molar-refractivity contribution in [2.24, 2.45) is 10.9 Å². The Hall–Kier alpha value is -4.28. The molecule has 7 heteroatoms. The van der Waals surface area contributed by atoms with E-state index in [9.17, 15) is 0 Å². The van der Waals surface area contributed by atoms with Crippen LogP contribution in [0.15, 0.2) is 102 Å². The van der Waals surface area contributed by atoms with Gasteiger partial charge in [-0.15, -0.1) is 0 Å². The van der Waals surface area contributed by atoms with Crippen molar-refractivity contribution in [1.29, 1.82) is 5.26 Å². The summed E-state index contributed by atoms with van der Waals surface area (Å²) in [6.45, 7) is 33.3. The molecule has 1 aromatic carbocycles. The van der Waals surface area contributed by atoms with Crippen LogP contribution in [0.2, 0.25) is 0 Å². The lowest BCUT2D eigenvalue weighted by Crippen LogP contribution is -2.38. The average molecular weight is 684 g/mol. The van der Waals surface area contributed by atoms with Crippen LogP contribution in [-0.2, 0) is 6.54 Å². The molecule has 1 saturated heterocycles. The third-order valence-corrected chi connectivity index (χ3v) is 7.38. The van der Waals surface area contributed by atoms with Gasteiger partial charge in [-0.2, -0.15) is 5.26 Å². The lowest BCUT2D eigenvalue weighted by molar-refractivity contribution is 0.211. The molecule has 3 heterocycles. The largest absolute Gasteiger partial charge is 0.367 e. The summed E-state index contributed by atoms with van der Waals surface area (Å²) in [4.78, 5) is 17.4. The van der Waals surface area contributed by atoms with E-state index in [1.54, 1.807) is 19.3 Å². The van der Waals surface area contributed by atoms with Crippen molar-refractivity contribution in [3.05, 3.63) is 108 Å². The van der Waals surface area contributed by atoms with Crippen LogP contribution in [0.1, 0.15) is 114 Å². The Morgan fingerprint density at radius 2 is 1.60 bits per heavy atom. The van der Waals surface area contributed by atoms with Crippen molar-refractivity contribution in [3.8, 4) is 6.07 Å². The Bertz CT molecular complexity index is 1380. The predicted octanol–water partition coefficient (Wildman–Crippen LogP) is 11.6. The van der Waals surface area contributed by atoms with Gasteiger partial charge in [0, 0.05) is 61.9 Å². The molecule has 1 aromatic heterocycles. The molecule has 0 spiro atoms. The highest BCUT2D eigenvalue weighted by molar-refractivity contribution is 6.04. The molecule has 0 bridgehead atoms. The van der Waals surface area contributed by atoms with E-state index >= 15 is 0 Å². The van der Waals surface area contributed by atoms with E-state index in [0.717, 1.165) is 49.7 Å². The number of allylic oxidation sites excluding steroid dienone is 7. The van der Waals surface area contributed by atoms with Crippen LogP contribution in [0.5, 0.6) is 0 Å². The fourth-order valence-corrected chi connectivity index (χ4v) is 5.17. The molecule has 2 aliphatic rings. The van der Waals surface area contributed by atoms with Crippen molar-refractivity contribution in [3.63, 3.8) is 0 Å². The molecule has 2 aliphatic heterocycles. The minimum absolute atomic E-state index is 0.197. The normalized spacial score (nSPS) is 16.7. The molecule has 1 atom stereocenters. The Labute approximate surface area is 307 Å². The quantitative estimate of drug-likeness (QED) is 0.209. The number of benzene rings is 1. The van der Waals surface area contributed by atoms with Gasteiger partial charge in [-0.05, 0) is 68.2 Å². The number of nitriles is 1. The number of nitrogens with zero attached hydrogens (tertiary/aromatic N) is 6. The highest BCUT2D eigenvalue weighted by Gasteiger charge is 2.28. The molecule has 0 saturated carbocycles. The number of aliphatic imine (C=N–C) groups is 1. The molecule has 7 nitrogen and oxygen atoms in total. The molecule has 2 aromatic rings. The second kappa shape index (κ2) is 29.6. The third-order valence-electron chi connectivity index (χ3n) is 7.38. The molecular formula is C43H69N7. The Morgan fingerprint density at radius 3 is 2.12 bits per heavy atom. The van der Waals surface area contributed by atoms with Gasteiger partial charge in [0.05, 0.1) is 5.71 Å². The number of hydrogen-bond donors (Lipinski definition) is 1. The summed E-state index contributed by atoms with van der Waals surface area (Å²) in [5.74, 6) is 1.17. The molecule has 0 amide bonds. The Morgan fingerprint density at radius 1 is 1.00 bits per heavy atom. The lowest BCUT2D eigenvalue weighted by Gasteiger charge is -2.32. The SMILES string of the molecule is C=CC(/C=C1\C(C)C=C(/C(C)=C/C=C\C)N1c1ccc(CN2CCC(Nc3ccnc(C#N)n3)CC2)cc1)=NC.CC.CC.CC.CC.CC. The van der Waals surface area contributed by atoms with Crippen LogP contribution in [0.4, 0.5) is 11.5 Å². The first kappa shape index (κ1) is 47.8. The minimum atomic E-state index is 0.197. The van der Waals surface area contributed by atoms with Crippen LogP contribution < -0.4 is 10.2 Å². The molecule has 4 rings (SSSR count). The van der Waals surface area contributed by atoms with Gasteiger partial charge in [-0.3, -0.25) is 9.89 Å². The van der Waals surface area contributed by atoms with E-state index in [2.05, 4.69) is 105 Å². The maximum Gasteiger partial charge on any atom is 0.234 e. The topological polar surface area (TPSA) is 80.4 Å². The van der Waals surface area contributed by atoms with Gasteiger partial charge in [0.2, 0.25) is 5.82 Å². The Balaban J connectivity index is 0. The van der Waals surface area contributed by atoms with Crippen LogP contribution in [-0.4, -0.2) is 46.8 Å². The van der Waals surface area contributed by atoms with Crippen molar-refractivity contribution >= 4 is 17.2 Å². The molecule has 50 heavy (non-hydrogen) atoms.